The van der Waals surface area contributed by atoms with E-state index in [1.54, 1.807) is 0 Å². The quantitative estimate of drug-likeness (QED) is 0.731. The van der Waals surface area contributed by atoms with Crippen molar-refractivity contribution >= 4 is 5.78 Å². The summed E-state index contributed by atoms with van der Waals surface area (Å²) in [7, 11) is 0. The lowest BCUT2D eigenvalue weighted by Crippen LogP contribution is -2.02. The van der Waals surface area contributed by atoms with Gasteiger partial charge in [-0.2, -0.15) is 9.49 Å². The van der Waals surface area contributed by atoms with Gasteiger partial charge in [-0.25, -0.2) is 9.07 Å². The summed E-state index contributed by atoms with van der Waals surface area (Å²) in [6, 6.07) is 5.17. The first kappa shape index (κ1) is 10.5. The summed E-state index contributed by atoms with van der Waals surface area (Å²) in [5, 5.41) is 3.74. The summed E-state index contributed by atoms with van der Waals surface area (Å²) >= 11 is 0. The molecule has 1 aromatic heterocycles. The predicted molar refractivity (Wildman–Crippen MR) is 53.5 cm³/mol. The molecule has 0 aliphatic carbocycles. The Morgan fingerprint density at radius 3 is 2.38 bits per heavy atom. The molecule has 5 heteroatoms. The molecule has 0 aliphatic rings. The number of Topliss-reactive ketones (excluding diaryl/α,β-unsaturated/α-hetero) is 1. The number of carbonyl (C=O) groups is 1. The van der Waals surface area contributed by atoms with E-state index in [1.807, 2.05) is 0 Å². The van der Waals surface area contributed by atoms with Crippen LogP contribution in [0.25, 0.3) is 5.69 Å². The molecule has 0 amide bonds. The molecule has 0 saturated heterocycles. The van der Waals surface area contributed by atoms with Crippen molar-refractivity contribution in [3.8, 4) is 5.69 Å². The van der Waals surface area contributed by atoms with Crippen LogP contribution in [0.1, 0.15) is 17.3 Å². The van der Waals surface area contributed by atoms with Crippen LogP contribution in [0.2, 0.25) is 0 Å². The molecular weight excluding hydrogens is 214 g/mol. The van der Waals surface area contributed by atoms with Crippen molar-refractivity contribution in [2.24, 2.45) is 0 Å². The van der Waals surface area contributed by atoms with Gasteiger partial charge in [-0.05, 0) is 31.2 Å². The topological polar surface area (TPSA) is 34.9 Å². The SMILES string of the molecule is CC(=O)c1cnn(-c2ccc(F)cc2)c1F. The normalized spacial score (nSPS) is 10.4. The molecule has 0 radical (unpaired) electrons. The number of aromatic nitrogens is 2. The molecule has 2 aromatic rings. The van der Waals surface area contributed by atoms with Gasteiger partial charge in [0.1, 0.15) is 5.82 Å². The van der Waals surface area contributed by atoms with E-state index in [0.717, 1.165) is 10.9 Å². The molecule has 2 rings (SSSR count). The molecule has 0 bridgehead atoms. The highest BCUT2D eigenvalue weighted by atomic mass is 19.1. The maximum absolute atomic E-state index is 13.7. The summed E-state index contributed by atoms with van der Waals surface area (Å²) in [5.41, 5.74) is 0.288. The Balaban J connectivity index is 2.49. The van der Waals surface area contributed by atoms with Crippen LogP contribution in [0, 0.1) is 11.8 Å². The highest BCUT2D eigenvalue weighted by molar-refractivity contribution is 5.93. The minimum Gasteiger partial charge on any atom is -0.294 e. The van der Waals surface area contributed by atoms with Crippen LogP contribution in [-0.2, 0) is 0 Å². The van der Waals surface area contributed by atoms with E-state index < -0.39 is 17.5 Å². The second-order valence-corrected chi connectivity index (χ2v) is 3.29. The first-order valence-electron chi connectivity index (χ1n) is 4.60. The average Bonchev–Trinajstić information content (AvgIpc) is 2.61. The van der Waals surface area contributed by atoms with Gasteiger partial charge in [0.15, 0.2) is 5.78 Å². The number of nitrogens with zero attached hydrogens (tertiary/aromatic N) is 2. The first-order chi connectivity index (χ1) is 7.59. The van der Waals surface area contributed by atoms with Gasteiger partial charge in [0, 0.05) is 0 Å². The monoisotopic (exact) mass is 222 g/mol. The van der Waals surface area contributed by atoms with Crippen molar-refractivity contribution in [2.75, 3.05) is 0 Å². The number of ketones is 1. The van der Waals surface area contributed by atoms with Crippen LogP contribution in [0.3, 0.4) is 0 Å². The molecule has 0 unspecified atom stereocenters. The molecule has 0 spiro atoms. The van der Waals surface area contributed by atoms with E-state index in [-0.39, 0.29) is 5.56 Å². The average molecular weight is 222 g/mol. The minimum absolute atomic E-state index is 0.0793. The van der Waals surface area contributed by atoms with Gasteiger partial charge in [0.25, 0.3) is 0 Å². The molecule has 16 heavy (non-hydrogen) atoms. The predicted octanol–water partition coefficient (Wildman–Crippen LogP) is 2.35. The zero-order chi connectivity index (χ0) is 11.7. The number of carbonyl (C=O) groups excluding carboxylic acids is 1. The van der Waals surface area contributed by atoms with Gasteiger partial charge in [0.2, 0.25) is 5.95 Å². The Morgan fingerprint density at radius 1 is 1.25 bits per heavy atom. The Labute approximate surface area is 90.3 Å². The summed E-state index contributed by atoms with van der Waals surface area (Å²) in [4.78, 5) is 11.0. The van der Waals surface area contributed by atoms with Crippen molar-refractivity contribution < 1.29 is 13.6 Å². The van der Waals surface area contributed by atoms with Crippen molar-refractivity contribution in [1.82, 2.24) is 9.78 Å². The van der Waals surface area contributed by atoms with Crippen LogP contribution in [0.5, 0.6) is 0 Å². The largest absolute Gasteiger partial charge is 0.294 e. The summed E-state index contributed by atoms with van der Waals surface area (Å²) in [6.07, 6.45) is 1.15. The van der Waals surface area contributed by atoms with Gasteiger partial charge in [0.05, 0.1) is 17.4 Å². The maximum atomic E-state index is 13.7. The van der Waals surface area contributed by atoms with E-state index in [1.165, 1.54) is 31.2 Å². The lowest BCUT2D eigenvalue weighted by molar-refractivity contribution is 0.101. The molecule has 0 aliphatic heterocycles. The van der Waals surface area contributed by atoms with Crippen molar-refractivity contribution in [3.63, 3.8) is 0 Å². The number of benzene rings is 1. The molecule has 3 nitrogen and oxygen atoms in total. The molecule has 1 heterocycles. The van der Waals surface area contributed by atoms with E-state index in [2.05, 4.69) is 5.10 Å². The Kier molecular flexibility index (Phi) is 2.52. The van der Waals surface area contributed by atoms with E-state index >= 15 is 0 Å². The van der Waals surface area contributed by atoms with Gasteiger partial charge in [-0.3, -0.25) is 4.79 Å². The number of rotatable bonds is 2. The van der Waals surface area contributed by atoms with Gasteiger partial charge in [-0.15, -0.1) is 0 Å². The van der Waals surface area contributed by atoms with Crippen molar-refractivity contribution in [3.05, 3.63) is 47.8 Å². The highest BCUT2D eigenvalue weighted by Gasteiger charge is 2.14. The Hall–Kier alpha value is -2.04. The summed E-state index contributed by atoms with van der Waals surface area (Å²) < 4.78 is 27.3. The van der Waals surface area contributed by atoms with E-state index in [9.17, 15) is 13.6 Å². The van der Waals surface area contributed by atoms with E-state index in [4.69, 9.17) is 0 Å². The summed E-state index contributed by atoms with van der Waals surface area (Å²) in [5.74, 6) is -1.55. The Bertz CT molecular complexity index is 531. The molecule has 82 valence electrons. The third-order valence-electron chi connectivity index (χ3n) is 2.16. The maximum Gasteiger partial charge on any atom is 0.227 e. The third-order valence-corrected chi connectivity index (χ3v) is 2.16. The van der Waals surface area contributed by atoms with Gasteiger partial charge in [-0.1, -0.05) is 0 Å². The minimum atomic E-state index is -0.737. The first-order valence-corrected chi connectivity index (χ1v) is 4.60. The molecule has 1 aromatic carbocycles. The second-order valence-electron chi connectivity index (χ2n) is 3.29. The third kappa shape index (κ3) is 1.71. The van der Waals surface area contributed by atoms with Gasteiger partial charge < -0.3 is 0 Å². The van der Waals surface area contributed by atoms with Crippen LogP contribution in [0.4, 0.5) is 8.78 Å². The molecule has 0 saturated carbocycles. The number of halogens is 2. The van der Waals surface area contributed by atoms with Crippen LogP contribution in [0.15, 0.2) is 30.5 Å². The zero-order valence-electron chi connectivity index (χ0n) is 8.45. The fourth-order valence-corrected chi connectivity index (χ4v) is 1.33. The lowest BCUT2D eigenvalue weighted by Gasteiger charge is -2.01. The second kappa shape index (κ2) is 3.84. The zero-order valence-corrected chi connectivity index (χ0v) is 8.45. The van der Waals surface area contributed by atoms with Crippen LogP contribution >= 0.6 is 0 Å². The van der Waals surface area contributed by atoms with Crippen molar-refractivity contribution in [1.29, 1.82) is 0 Å². The lowest BCUT2D eigenvalue weighted by atomic mass is 10.2. The number of hydrogen-bond donors (Lipinski definition) is 0. The van der Waals surface area contributed by atoms with Crippen LogP contribution in [-0.4, -0.2) is 15.6 Å². The molecule has 0 fully saturated rings. The van der Waals surface area contributed by atoms with Crippen molar-refractivity contribution in [2.45, 2.75) is 6.92 Å². The highest BCUT2D eigenvalue weighted by Crippen LogP contribution is 2.14. The van der Waals surface area contributed by atoms with Crippen LogP contribution < -0.4 is 0 Å². The standard InChI is InChI=1S/C11H8F2N2O/c1-7(16)10-6-14-15(11(10)13)9-4-2-8(12)3-5-9/h2-6H,1H3. The fraction of sp³-hybridized carbons (Fsp3) is 0.0909. The molecular formula is C11H8F2N2O. The fourth-order valence-electron chi connectivity index (χ4n) is 1.33. The Morgan fingerprint density at radius 2 is 1.88 bits per heavy atom. The van der Waals surface area contributed by atoms with Gasteiger partial charge >= 0.3 is 0 Å². The molecule has 0 atom stereocenters. The smallest absolute Gasteiger partial charge is 0.227 e. The number of hydrogen-bond acceptors (Lipinski definition) is 2. The van der Waals surface area contributed by atoms with E-state index in [0.29, 0.717) is 5.69 Å². The molecule has 0 N–H and O–H groups in total. The summed E-state index contributed by atoms with van der Waals surface area (Å²) in [6.45, 7) is 1.26.